The van der Waals surface area contributed by atoms with E-state index in [0.29, 0.717) is 12.6 Å². The Hall–Kier alpha value is -3.35. The van der Waals surface area contributed by atoms with Gasteiger partial charge in [-0.3, -0.25) is 0 Å². The molecule has 1 fully saturated rings. The summed E-state index contributed by atoms with van der Waals surface area (Å²) in [5.74, 6) is 2.45. The van der Waals surface area contributed by atoms with Crippen LogP contribution in [-0.4, -0.2) is 50.8 Å². The second kappa shape index (κ2) is 9.64. The number of hydrogen-bond acceptors (Lipinski definition) is 4. The highest BCUT2D eigenvalue weighted by atomic mass is 16.5. The van der Waals surface area contributed by atoms with Crippen LogP contribution in [0.5, 0.6) is 11.5 Å². The predicted octanol–water partition coefficient (Wildman–Crippen LogP) is 3.52. The van der Waals surface area contributed by atoms with Crippen molar-refractivity contribution in [1.29, 1.82) is 0 Å². The van der Waals surface area contributed by atoms with Crippen molar-refractivity contribution in [2.24, 2.45) is 4.99 Å². The monoisotopic (exact) mass is 421 g/mol. The number of benzene rings is 2. The first-order valence-electron chi connectivity index (χ1n) is 10.8. The number of guanidine groups is 1. The summed E-state index contributed by atoms with van der Waals surface area (Å²) in [5, 5.41) is 8.18. The molecule has 164 valence electrons. The van der Waals surface area contributed by atoms with Crippen LogP contribution in [0.15, 0.2) is 53.5 Å². The number of aromatic nitrogens is 1. The SMILES string of the molecule is CCNC(=NCc1cc2ccccc2[nH]1)NC1CCN(c2cc(OC)cc(OC)c2)C1. The van der Waals surface area contributed by atoms with Crippen molar-refractivity contribution >= 4 is 22.5 Å². The molecule has 7 nitrogen and oxygen atoms in total. The van der Waals surface area contributed by atoms with Crippen molar-refractivity contribution in [3.63, 3.8) is 0 Å². The topological polar surface area (TPSA) is 73.9 Å². The molecular weight excluding hydrogens is 390 g/mol. The Kier molecular flexibility index (Phi) is 6.50. The van der Waals surface area contributed by atoms with Gasteiger partial charge in [0.1, 0.15) is 11.5 Å². The fourth-order valence-corrected chi connectivity index (χ4v) is 3.98. The molecule has 0 spiro atoms. The summed E-state index contributed by atoms with van der Waals surface area (Å²) in [6, 6.07) is 16.8. The average molecular weight is 422 g/mol. The van der Waals surface area contributed by atoms with E-state index in [4.69, 9.17) is 14.5 Å². The van der Waals surface area contributed by atoms with Crippen LogP contribution in [0.4, 0.5) is 5.69 Å². The molecule has 0 amide bonds. The number of aromatic amines is 1. The molecule has 7 heteroatoms. The molecule has 0 aliphatic carbocycles. The maximum atomic E-state index is 5.42. The van der Waals surface area contributed by atoms with Gasteiger partial charge in [0, 0.05) is 60.8 Å². The lowest BCUT2D eigenvalue weighted by Crippen LogP contribution is -2.44. The molecule has 31 heavy (non-hydrogen) atoms. The highest BCUT2D eigenvalue weighted by Gasteiger charge is 2.24. The van der Waals surface area contributed by atoms with Crippen molar-refractivity contribution in [1.82, 2.24) is 15.6 Å². The van der Waals surface area contributed by atoms with Crippen molar-refractivity contribution in [2.75, 3.05) is 38.8 Å². The molecule has 0 bridgehead atoms. The third kappa shape index (κ3) is 5.05. The summed E-state index contributed by atoms with van der Waals surface area (Å²) in [4.78, 5) is 10.6. The lowest BCUT2D eigenvalue weighted by molar-refractivity contribution is 0.394. The minimum Gasteiger partial charge on any atom is -0.497 e. The number of anilines is 1. The first-order chi connectivity index (χ1) is 15.2. The molecule has 1 aliphatic rings. The van der Waals surface area contributed by atoms with Crippen molar-refractivity contribution in [3.8, 4) is 11.5 Å². The van der Waals surface area contributed by atoms with Gasteiger partial charge in [-0.1, -0.05) is 18.2 Å². The Morgan fingerprint density at radius 1 is 1.13 bits per heavy atom. The fraction of sp³-hybridized carbons (Fsp3) is 0.375. The number of H-pyrrole nitrogens is 1. The van der Waals surface area contributed by atoms with E-state index < -0.39 is 0 Å². The van der Waals surface area contributed by atoms with Gasteiger partial charge in [-0.25, -0.2) is 4.99 Å². The predicted molar refractivity (Wildman–Crippen MR) is 126 cm³/mol. The third-order valence-corrected chi connectivity index (χ3v) is 5.57. The van der Waals surface area contributed by atoms with Crippen molar-refractivity contribution in [2.45, 2.75) is 25.9 Å². The largest absolute Gasteiger partial charge is 0.497 e. The van der Waals surface area contributed by atoms with Crippen LogP contribution in [-0.2, 0) is 6.54 Å². The lowest BCUT2D eigenvalue weighted by atomic mass is 10.2. The van der Waals surface area contributed by atoms with E-state index in [1.54, 1.807) is 14.2 Å². The molecule has 1 atom stereocenters. The van der Waals surface area contributed by atoms with E-state index in [1.165, 1.54) is 5.39 Å². The molecule has 1 aromatic heterocycles. The third-order valence-electron chi connectivity index (χ3n) is 5.57. The molecule has 0 radical (unpaired) electrons. The van der Waals surface area contributed by atoms with Gasteiger partial charge in [0.05, 0.1) is 20.8 Å². The average Bonchev–Trinajstić information content (AvgIpc) is 3.44. The summed E-state index contributed by atoms with van der Waals surface area (Å²) in [5.41, 5.74) is 3.36. The molecule has 0 saturated carbocycles. The Bertz CT molecular complexity index is 990. The minimum atomic E-state index is 0.317. The van der Waals surface area contributed by atoms with Crippen LogP contribution in [0, 0.1) is 0 Å². The summed E-state index contributed by atoms with van der Waals surface area (Å²) in [6.45, 7) is 5.38. The molecule has 1 unspecified atom stereocenters. The van der Waals surface area contributed by atoms with E-state index in [0.717, 1.165) is 60.4 Å². The molecule has 2 heterocycles. The number of fused-ring (bicyclic) bond motifs is 1. The van der Waals surface area contributed by atoms with E-state index in [1.807, 2.05) is 12.1 Å². The highest BCUT2D eigenvalue weighted by molar-refractivity contribution is 5.81. The van der Waals surface area contributed by atoms with Crippen molar-refractivity contribution < 1.29 is 9.47 Å². The number of hydrogen-bond donors (Lipinski definition) is 3. The second-order valence-corrected chi connectivity index (χ2v) is 7.72. The highest BCUT2D eigenvalue weighted by Crippen LogP contribution is 2.30. The van der Waals surface area contributed by atoms with Crippen LogP contribution >= 0.6 is 0 Å². The molecule has 3 aromatic rings. The van der Waals surface area contributed by atoms with Crippen LogP contribution in [0.3, 0.4) is 0 Å². The van der Waals surface area contributed by atoms with Crippen molar-refractivity contribution in [3.05, 3.63) is 54.2 Å². The van der Waals surface area contributed by atoms with Gasteiger partial charge < -0.3 is 30.0 Å². The minimum absolute atomic E-state index is 0.317. The normalized spacial score (nSPS) is 16.5. The zero-order chi connectivity index (χ0) is 21.6. The van der Waals surface area contributed by atoms with Crippen LogP contribution < -0.4 is 25.0 Å². The molecule has 3 N–H and O–H groups in total. The zero-order valence-corrected chi connectivity index (χ0v) is 18.4. The maximum absolute atomic E-state index is 5.42. The smallest absolute Gasteiger partial charge is 0.191 e. The summed E-state index contributed by atoms with van der Waals surface area (Å²) < 4.78 is 10.8. The fourth-order valence-electron chi connectivity index (χ4n) is 3.98. The number of methoxy groups -OCH3 is 2. The van der Waals surface area contributed by atoms with E-state index in [2.05, 4.69) is 63.8 Å². The molecule has 1 aliphatic heterocycles. The van der Waals surface area contributed by atoms with E-state index in [9.17, 15) is 0 Å². The zero-order valence-electron chi connectivity index (χ0n) is 18.4. The van der Waals surface area contributed by atoms with E-state index >= 15 is 0 Å². The Morgan fingerprint density at radius 3 is 2.61 bits per heavy atom. The summed E-state index contributed by atoms with van der Waals surface area (Å²) in [6.07, 6.45) is 1.04. The summed E-state index contributed by atoms with van der Waals surface area (Å²) in [7, 11) is 3.36. The standard InChI is InChI=1S/C24H31N5O2/c1-4-25-24(26-15-19-11-17-7-5-6-8-23(17)27-19)28-18-9-10-29(16-18)20-12-21(30-2)14-22(13-20)31-3/h5-8,11-14,18,27H,4,9-10,15-16H2,1-3H3,(H2,25,26,28). The number of para-hydroxylation sites is 1. The number of ether oxygens (including phenoxy) is 2. The van der Waals surface area contributed by atoms with Gasteiger partial charge in [-0.15, -0.1) is 0 Å². The molecule has 2 aromatic carbocycles. The van der Waals surface area contributed by atoms with Crippen LogP contribution in [0.2, 0.25) is 0 Å². The quantitative estimate of drug-likeness (QED) is 0.402. The van der Waals surface area contributed by atoms with E-state index in [-0.39, 0.29) is 0 Å². The molecule has 1 saturated heterocycles. The van der Waals surface area contributed by atoms with Gasteiger partial charge in [-0.2, -0.15) is 0 Å². The van der Waals surface area contributed by atoms with Crippen LogP contribution in [0.1, 0.15) is 19.0 Å². The number of nitrogens with one attached hydrogen (secondary N) is 3. The first kappa shape index (κ1) is 20.9. The molecular formula is C24H31N5O2. The Balaban J connectivity index is 1.41. The Morgan fingerprint density at radius 2 is 1.90 bits per heavy atom. The maximum Gasteiger partial charge on any atom is 0.191 e. The Labute approximate surface area is 183 Å². The number of aliphatic imine (C=N–C) groups is 1. The lowest BCUT2D eigenvalue weighted by Gasteiger charge is -2.21. The summed E-state index contributed by atoms with van der Waals surface area (Å²) >= 11 is 0. The number of nitrogens with zero attached hydrogens (tertiary/aromatic N) is 2. The van der Waals surface area contributed by atoms with Gasteiger partial charge >= 0.3 is 0 Å². The van der Waals surface area contributed by atoms with Gasteiger partial charge in [0.15, 0.2) is 5.96 Å². The first-order valence-corrected chi connectivity index (χ1v) is 10.8. The van der Waals surface area contributed by atoms with Gasteiger partial charge in [-0.05, 0) is 30.9 Å². The number of rotatable bonds is 7. The van der Waals surface area contributed by atoms with Gasteiger partial charge in [0.25, 0.3) is 0 Å². The molecule has 4 rings (SSSR count). The van der Waals surface area contributed by atoms with Gasteiger partial charge in [0.2, 0.25) is 0 Å². The second-order valence-electron chi connectivity index (χ2n) is 7.72. The van der Waals surface area contributed by atoms with Crippen LogP contribution in [0.25, 0.3) is 10.9 Å².